The van der Waals surface area contributed by atoms with Gasteiger partial charge in [-0.1, -0.05) is 6.92 Å². The molecule has 0 spiro atoms. The van der Waals surface area contributed by atoms with Crippen molar-refractivity contribution in [2.24, 2.45) is 0 Å². The average molecular weight is 82.1 g/mol. The van der Waals surface area contributed by atoms with Gasteiger partial charge in [0.25, 0.3) is 0 Å². The first-order valence-electron chi connectivity index (χ1n) is 2.31. The largest absolute Gasteiger partial charge is 0.107 e. The molecule has 0 fully saturated rings. The highest BCUT2D eigenvalue weighted by Gasteiger charge is 1.63. The van der Waals surface area contributed by atoms with Gasteiger partial charge in [-0.3, -0.25) is 0 Å². The van der Waals surface area contributed by atoms with E-state index < -0.39 is 0 Å². The monoisotopic (exact) mass is 82.1 g/mol. The van der Waals surface area contributed by atoms with Gasteiger partial charge in [-0.25, -0.2) is 0 Å². The zero-order chi connectivity index (χ0) is 4.83. The van der Waals surface area contributed by atoms with Crippen LogP contribution in [0.4, 0.5) is 0 Å². The molecule has 0 radical (unpaired) electrons. The van der Waals surface area contributed by atoms with Crippen molar-refractivity contribution in [2.45, 2.75) is 26.7 Å². The van der Waals surface area contributed by atoms with E-state index in [1.807, 2.05) is 6.92 Å². The Kier molecular flexibility index (Phi) is 4.23. The third kappa shape index (κ3) is 3.56. The molecule has 0 heterocycles. The Morgan fingerprint density at radius 2 is 2.17 bits per heavy atom. The summed E-state index contributed by atoms with van der Waals surface area (Å²) in [6.45, 7) is 4.00. The zero-order valence-corrected chi connectivity index (χ0v) is 4.41. The van der Waals surface area contributed by atoms with Crippen LogP contribution in [0.3, 0.4) is 0 Å². The van der Waals surface area contributed by atoms with E-state index in [1.54, 1.807) is 0 Å². The Labute approximate surface area is 39.6 Å². The molecule has 0 N–H and O–H groups in total. The molecule has 6 heavy (non-hydrogen) atoms. The molecule has 0 aliphatic carbocycles. The molecule has 0 atom stereocenters. The van der Waals surface area contributed by atoms with Crippen LogP contribution in [0.1, 0.15) is 26.7 Å². The second kappa shape index (κ2) is 4.56. The lowest BCUT2D eigenvalue weighted by Gasteiger charge is -1.71. The SMILES string of the molecule is CC#CCCC. The highest BCUT2D eigenvalue weighted by Crippen LogP contribution is 1.79. The molecule has 0 heteroatoms. The van der Waals surface area contributed by atoms with E-state index in [-0.39, 0.29) is 0 Å². The molecule has 0 unspecified atom stereocenters. The van der Waals surface area contributed by atoms with Crippen LogP contribution in [0.25, 0.3) is 0 Å². The maximum Gasteiger partial charge on any atom is 0.00859 e. The molecule has 0 rings (SSSR count). The molecule has 0 aliphatic heterocycles. The van der Waals surface area contributed by atoms with Gasteiger partial charge in [-0.2, -0.15) is 0 Å². The molecule has 0 aromatic rings. The number of unbranched alkanes of at least 4 members (excludes halogenated alkanes) is 1. The first kappa shape index (κ1) is 5.56. The lowest BCUT2D eigenvalue weighted by Crippen LogP contribution is -1.56. The second-order valence-corrected chi connectivity index (χ2v) is 1.18. The van der Waals surface area contributed by atoms with E-state index in [4.69, 9.17) is 0 Å². The highest BCUT2D eigenvalue weighted by molar-refractivity contribution is 4.93. The third-order valence-corrected chi connectivity index (χ3v) is 0.552. The molecule has 0 aliphatic rings. The van der Waals surface area contributed by atoms with Gasteiger partial charge < -0.3 is 0 Å². The van der Waals surface area contributed by atoms with E-state index in [9.17, 15) is 0 Å². The summed E-state index contributed by atoms with van der Waals surface area (Å²) in [5.74, 6) is 5.77. The average Bonchev–Trinajstić information content (AvgIpc) is 1.61. The van der Waals surface area contributed by atoms with Crippen LogP contribution in [-0.4, -0.2) is 0 Å². The molecule has 34 valence electrons. The normalized spacial score (nSPS) is 6.33. The maximum absolute atomic E-state index is 2.95. The van der Waals surface area contributed by atoms with Gasteiger partial charge in [-0.15, -0.1) is 11.8 Å². The summed E-state index contributed by atoms with van der Waals surface area (Å²) in [4.78, 5) is 0. The van der Waals surface area contributed by atoms with Gasteiger partial charge in [-0.05, 0) is 13.3 Å². The van der Waals surface area contributed by atoms with E-state index in [0.29, 0.717) is 0 Å². The van der Waals surface area contributed by atoms with Crippen molar-refractivity contribution < 1.29 is 0 Å². The molecule has 0 saturated heterocycles. The van der Waals surface area contributed by atoms with E-state index in [0.717, 1.165) is 6.42 Å². The molecule has 0 aromatic heterocycles. The van der Waals surface area contributed by atoms with Crippen molar-refractivity contribution in [1.29, 1.82) is 0 Å². The van der Waals surface area contributed by atoms with Crippen LogP contribution in [0.15, 0.2) is 0 Å². The van der Waals surface area contributed by atoms with Crippen LogP contribution in [-0.2, 0) is 0 Å². The van der Waals surface area contributed by atoms with Crippen molar-refractivity contribution in [2.75, 3.05) is 0 Å². The van der Waals surface area contributed by atoms with Crippen LogP contribution in [0.5, 0.6) is 0 Å². The van der Waals surface area contributed by atoms with Crippen molar-refractivity contribution in [3.63, 3.8) is 0 Å². The molecule has 0 nitrogen and oxygen atoms in total. The van der Waals surface area contributed by atoms with Crippen LogP contribution >= 0.6 is 0 Å². The Morgan fingerprint density at radius 3 is 2.33 bits per heavy atom. The van der Waals surface area contributed by atoms with Crippen LogP contribution < -0.4 is 0 Å². The smallest absolute Gasteiger partial charge is 0.00859 e. The Morgan fingerprint density at radius 1 is 1.50 bits per heavy atom. The lowest BCUT2D eigenvalue weighted by atomic mass is 10.3. The number of hydrogen-bond donors (Lipinski definition) is 0. The molecule has 0 saturated carbocycles. The molecular weight excluding hydrogens is 72.1 g/mol. The van der Waals surface area contributed by atoms with Crippen molar-refractivity contribution in [1.82, 2.24) is 0 Å². The van der Waals surface area contributed by atoms with Crippen molar-refractivity contribution in [3.05, 3.63) is 0 Å². The minimum Gasteiger partial charge on any atom is -0.107 e. The fraction of sp³-hybridized carbons (Fsp3) is 0.667. The summed E-state index contributed by atoms with van der Waals surface area (Å²) in [6, 6.07) is 0. The summed E-state index contributed by atoms with van der Waals surface area (Å²) >= 11 is 0. The number of rotatable bonds is 1. The minimum atomic E-state index is 1.05. The maximum atomic E-state index is 2.95. The molecular formula is C6H10. The Balaban J connectivity index is 2.79. The summed E-state index contributed by atoms with van der Waals surface area (Å²) in [6.07, 6.45) is 2.23. The van der Waals surface area contributed by atoms with Gasteiger partial charge in [0.05, 0.1) is 0 Å². The van der Waals surface area contributed by atoms with E-state index in [2.05, 4.69) is 18.8 Å². The summed E-state index contributed by atoms with van der Waals surface area (Å²) in [7, 11) is 0. The zero-order valence-electron chi connectivity index (χ0n) is 4.41. The minimum absolute atomic E-state index is 1.05. The number of hydrogen-bond acceptors (Lipinski definition) is 0. The Hall–Kier alpha value is -0.440. The Bertz CT molecular complexity index is 61.8. The lowest BCUT2D eigenvalue weighted by molar-refractivity contribution is 0.983. The van der Waals surface area contributed by atoms with Crippen molar-refractivity contribution >= 4 is 0 Å². The first-order valence-corrected chi connectivity index (χ1v) is 2.31. The predicted molar refractivity (Wildman–Crippen MR) is 28.4 cm³/mol. The second-order valence-electron chi connectivity index (χ2n) is 1.18. The standard InChI is InChI=1S/C6H10/c1-3-5-6-4-2/h3,5H2,1-2H3. The predicted octanol–water partition coefficient (Wildman–Crippen LogP) is 1.81. The quantitative estimate of drug-likeness (QED) is 0.423. The van der Waals surface area contributed by atoms with Crippen LogP contribution in [0, 0.1) is 11.8 Å². The van der Waals surface area contributed by atoms with Gasteiger partial charge >= 0.3 is 0 Å². The highest BCUT2D eigenvalue weighted by atomic mass is 13.7. The molecule has 0 aromatic carbocycles. The topological polar surface area (TPSA) is 0 Å². The van der Waals surface area contributed by atoms with E-state index >= 15 is 0 Å². The van der Waals surface area contributed by atoms with Gasteiger partial charge in [0.15, 0.2) is 0 Å². The van der Waals surface area contributed by atoms with Gasteiger partial charge in [0.1, 0.15) is 0 Å². The fourth-order valence-corrected chi connectivity index (χ4v) is 0.250. The summed E-state index contributed by atoms with van der Waals surface area (Å²) < 4.78 is 0. The fourth-order valence-electron chi connectivity index (χ4n) is 0.250. The van der Waals surface area contributed by atoms with Crippen molar-refractivity contribution in [3.8, 4) is 11.8 Å². The molecule has 0 amide bonds. The van der Waals surface area contributed by atoms with E-state index in [1.165, 1.54) is 6.42 Å². The van der Waals surface area contributed by atoms with Crippen LogP contribution in [0.2, 0.25) is 0 Å². The summed E-state index contributed by atoms with van der Waals surface area (Å²) in [5, 5.41) is 0. The summed E-state index contributed by atoms with van der Waals surface area (Å²) in [5.41, 5.74) is 0. The van der Waals surface area contributed by atoms with Gasteiger partial charge in [0, 0.05) is 6.42 Å². The van der Waals surface area contributed by atoms with Gasteiger partial charge in [0.2, 0.25) is 0 Å². The third-order valence-electron chi connectivity index (χ3n) is 0.552. The first-order chi connectivity index (χ1) is 2.91. The molecule has 0 bridgehead atoms.